The Hall–Kier alpha value is -0.850. The molecule has 0 spiro atoms. The molecule has 0 radical (unpaired) electrons. The van der Waals surface area contributed by atoms with E-state index in [1.54, 1.807) is 16.6 Å². The van der Waals surface area contributed by atoms with Crippen LogP contribution in [0, 0.1) is 0 Å². The molecule has 5 nitrogen and oxygen atoms in total. The molecule has 2 atom stereocenters. The van der Waals surface area contributed by atoms with Crippen molar-refractivity contribution in [3.63, 3.8) is 0 Å². The molecule has 0 aliphatic carbocycles. The molecule has 1 saturated heterocycles. The predicted molar refractivity (Wildman–Crippen MR) is 84.5 cm³/mol. The molecule has 21 heavy (non-hydrogen) atoms. The average Bonchev–Trinajstić information content (AvgIpc) is 2.83. The van der Waals surface area contributed by atoms with Gasteiger partial charge in [0.15, 0.2) is 0 Å². The smallest absolute Gasteiger partial charge is 0.245 e. The van der Waals surface area contributed by atoms with E-state index in [0.717, 1.165) is 25.0 Å². The van der Waals surface area contributed by atoms with Gasteiger partial charge in [-0.25, -0.2) is 8.42 Å². The van der Waals surface area contributed by atoms with Crippen molar-refractivity contribution in [1.29, 1.82) is 0 Å². The molecule has 0 bridgehead atoms. The van der Waals surface area contributed by atoms with Gasteiger partial charge in [0.25, 0.3) is 0 Å². The van der Waals surface area contributed by atoms with E-state index in [1.165, 1.54) is 0 Å². The van der Waals surface area contributed by atoms with Crippen LogP contribution in [0.1, 0.15) is 58.7 Å². The Labute approximate surface area is 128 Å². The van der Waals surface area contributed by atoms with Crippen LogP contribution in [0.3, 0.4) is 0 Å². The van der Waals surface area contributed by atoms with Gasteiger partial charge < -0.3 is 10.3 Å². The van der Waals surface area contributed by atoms with Crippen molar-refractivity contribution < 1.29 is 8.42 Å². The Bertz CT molecular complexity index is 582. The van der Waals surface area contributed by atoms with Gasteiger partial charge in [0, 0.05) is 36.6 Å². The average molecular weight is 313 g/mol. The van der Waals surface area contributed by atoms with E-state index in [-0.39, 0.29) is 18.1 Å². The summed E-state index contributed by atoms with van der Waals surface area (Å²) in [6.07, 6.45) is 4.68. The van der Waals surface area contributed by atoms with Crippen LogP contribution in [0.25, 0.3) is 0 Å². The Morgan fingerprint density at radius 3 is 2.29 bits per heavy atom. The summed E-state index contributed by atoms with van der Waals surface area (Å²) in [6.45, 7) is 8.40. The summed E-state index contributed by atoms with van der Waals surface area (Å²) < 4.78 is 29.6. The summed E-state index contributed by atoms with van der Waals surface area (Å²) in [4.78, 5) is 0.372. The highest BCUT2D eigenvalue weighted by Crippen LogP contribution is 2.30. The van der Waals surface area contributed by atoms with Crippen LogP contribution < -0.4 is 5.73 Å². The van der Waals surface area contributed by atoms with Crippen molar-refractivity contribution in [2.24, 2.45) is 5.73 Å². The van der Waals surface area contributed by atoms with E-state index in [1.807, 2.05) is 32.3 Å². The van der Waals surface area contributed by atoms with E-state index < -0.39 is 10.0 Å². The van der Waals surface area contributed by atoms with Gasteiger partial charge in [-0.1, -0.05) is 6.42 Å². The molecule has 2 N–H and O–H groups in total. The molecular formula is C15H27N3O2S. The lowest BCUT2D eigenvalue weighted by atomic mass is 10.0. The number of sulfonamides is 1. The van der Waals surface area contributed by atoms with E-state index >= 15 is 0 Å². The summed E-state index contributed by atoms with van der Waals surface area (Å²) in [7, 11) is -3.45. The quantitative estimate of drug-likeness (QED) is 0.928. The van der Waals surface area contributed by atoms with Crippen molar-refractivity contribution in [3.8, 4) is 0 Å². The summed E-state index contributed by atoms with van der Waals surface area (Å²) in [6, 6.07) is 2.04. The second-order valence-corrected chi connectivity index (χ2v) is 8.18. The van der Waals surface area contributed by atoms with Gasteiger partial charge in [0.05, 0.1) is 0 Å². The Morgan fingerprint density at radius 1 is 1.29 bits per heavy atom. The first-order valence-electron chi connectivity index (χ1n) is 7.73. The number of piperidine rings is 1. The standard InChI is InChI=1S/C15H27N3O2S/c1-11(2)17-10-15(8-14(17)9-16)21(19,20)18-12(3)6-5-7-13(18)4/h8,10-13H,5-7,9,16H2,1-4H3/t12-,13+. The highest BCUT2D eigenvalue weighted by molar-refractivity contribution is 7.89. The van der Waals surface area contributed by atoms with Crippen LogP contribution >= 0.6 is 0 Å². The van der Waals surface area contributed by atoms with Crippen molar-refractivity contribution in [2.75, 3.05) is 0 Å². The van der Waals surface area contributed by atoms with E-state index in [2.05, 4.69) is 0 Å². The van der Waals surface area contributed by atoms with Gasteiger partial charge in [-0.3, -0.25) is 0 Å². The second-order valence-electron chi connectivity index (χ2n) is 6.34. The van der Waals surface area contributed by atoms with Crippen molar-refractivity contribution in [3.05, 3.63) is 18.0 Å². The topological polar surface area (TPSA) is 68.3 Å². The van der Waals surface area contributed by atoms with Gasteiger partial charge >= 0.3 is 0 Å². The van der Waals surface area contributed by atoms with Crippen LogP contribution in [-0.4, -0.2) is 29.4 Å². The van der Waals surface area contributed by atoms with Crippen molar-refractivity contribution in [2.45, 2.75) is 76.5 Å². The SMILES string of the molecule is CC(C)n1cc(S(=O)(=O)N2[C@H](C)CCC[C@@H]2C)cc1CN. The van der Waals surface area contributed by atoms with Crippen LogP contribution in [-0.2, 0) is 16.6 Å². The van der Waals surface area contributed by atoms with Crippen LogP contribution in [0.5, 0.6) is 0 Å². The van der Waals surface area contributed by atoms with Gasteiger partial charge in [-0.15, -0.1) is 0 Å². The maximum absolute atomic E-state index is 13.0. The lowest BCUT2D eigenvalue weighted by molar-refractivity contribution is 0.204. The number of hydrogen-bond acceptors (Lipinski definition) is 3. The molecule has 2 heterocycles. The Morgan fingerprint density at radius 2 is 1.86 bits per heavy atom. The van der Waals surface area contributed by atoms with E-state index in [9.17, 15) is 8.42 Å². The maximum Gasteiger partial charge on any atom is 0.245 e. The molecule has 2 rings (SSSR count). The van der Waals surface area contributed by atoms with Gasteiger partial charge in [-0.2, -0.15) is 4.31 Å². The first-order valence-corrected chi connectivity index (χ1v) is 9.17. The van der Waals surface area contributed by atoms with E-state index in [0.29, 0.717) is 11.4 Å². The molecule has 1 aliphatic heterocycles. The minimum atomic E-state index is -3.45. The normalized spacial score (nSPS) is 24.7. The lowest BCUT2D eigenvalue weighted by Crippen LogP contribution is -2.47. The molecule has 0 aromatic carbocycles. The third kappa shape index (κ3) is 3.03. The number of nitrogens with two attached hydrogens (primary N) is 1. The minimum absolute atomic E-state index is 0.0578. The molecule has 120 valence electrons. The maximum atomic E-state index is 13.0. The number of hydrogen-bond donors (Lipinski definition) is 1. The molecule has 0 unspecified atom stereocenters. The molecule has 1 aromatic rings. The third-order valence-corrected chi connectivity index (χ3v) is 6.45. The fraction of sp³-hybridized carbons (Fsp3) is 0.733. The van der Waals surface area contributed by atoms with Crippen molar-refractivity contribution in [1.82, 2.24) is 8.87 Å². The molecule has 1 aliphatic rings. The molecule has 1 aromatic heterocycles. The molecule has 6 heteroatoms. The van der Waals surface area contributed by atoms with E-state index in [4.69, 9.17) is 5.73 Å². The van der Waals surface area contributed by atoms with Crippen LogP contribution in [0.15, 0.2) is 17.2 Å². The molecule has 0 saturated carbocycles. The number of rotatable bonds is 4. The van der Waals surface area contributed by atoms with Crippen LogP contribution in [0.2, 0.25) is 0 Å². The monoisotopic (exact) mass is 313 g/mol. The fourth-order valence-electron chi connectivity index (χ4n) is 3.28. The summed E-state index contributed by atoms with van der Waals surface area (Å²) in [5.74, 6) is 0. The minimum Gasteiger partial charge on any atom is -0.346 e. The molecular weight excluding hydrogens is 286 g/mol. The first-order chi connectivity index (χ1) is 9.78. The molecule has 0 amide bonds. The first kappa shape index (κ1) is 16.5. The Balaban J connectivity index is 2.44. The highest BCUT2D eigenvalue weighted by Gasteiger charge is 2.36. The van der Waals surface area contributed by atoms with Gasteiger partial charge in [0.1, 0.15) is 4.90 Å². The lowest BCUT2D eigenvalue weighted by Gasteiger charge is -2.37. The predicted octanol–water partition coefficient (Wildman–Crippen LogP) is 2.48. The zero-order chi connectivity index (χ0) is 15.8. The van der Waals surface area contributed by atoms with Crippen LogP contribution in [0.4, 0.5) is 0 Å². The summed E-state index contributed by atoms with van der Waals surface area (Å²) >= 11 is 0. The number of aromatic nitrogens is 1. The third-order valence-electron chi connectivity index (χ3n) is 4.36. The second kappa shape index (κ2) is 6.10. The van der Waals surface area contributed by atoms with Gasteiger partial charge in [0.2, 0.25) is 10.0 Å². The van der Waals surface area contributed by atoms with Gasteiger partial charge in [-0.05, 0) is 46.6 Å². The molecule has 1 fully saturated rings. The zero-order valence-electron chi connectivity index (χ0n) is 13.4. The number of nitrogens with zero attached hydrogens (tertiary/aromatic N) is 2. The highest BCUT2D eigenvalue weighted by atomic mass is 32.2. The van der Waals surface area contributed by atoms with Crippen molar-refractivity contribution >= 4 is 10.0 Å². The largest absolute Gasteiger partial charge is 0.346 e. The fourth-order valence-corrected chi connectivity index (χ4v) is 5.21. The summed E-state index contributed by atoms with van der Waals surface area (Å²) in [5.41, 5.74) is 6.61. The Kier molecular flexibility index (Phi) is 4.80. The summed E-state index contributed by atoms with van der Waals surface area (Å²) in [5, 5.41) is 0. The zero-order valence-corrected chi connectivity index (χ0v) is 14.2.